The lowest BCUT2D eigenvalue weighted by atomic mass is 9.97. The molecule has 2 N–H and O–H groups in total. The maximum Gasteiger partial charge on any atom is 0.317 e. The second kappa shape index (κ2) is 4.94. The van der Waals surface area contributed by atoms with Gasteiger partial charge in [-0.2, -0.15) is 0 Å². The van der Waals surface area contributed by atoms with Gasteiger partial charge >= 0.3 is 12.0 Å². The van der Waals surface area contributed by atoms with Crippen LogP contribution in [-0.2, 0) is 4.79 Å². The van der Waals surface area contributed by atoms with Gasteiger partial charge in [0.2, 0.25) is 0 Å². The van der Waals surface area contributed by atoms with Crippen molar-refractivity contribution in [2.75, 3.05) is 19.6 Å². The van der Waals surface area contributed by atoms with E-state index in [-0.39, 0.29) is 17.4 Å². The molecule has 0 spiro atoms. The number of likely N-dealkylation sites (tertiary alicyclic amines) is 1. The van der Waals surface area contributed by atoms with Crippen molar-refractivity contribution in [1.29, 1.82) is 0 Å². The summed E-state index contributed by atoms with van der Waals surface area (Å²) in [6.07, 6.45) is 0. The fourth-order valence-electron chi connectivity index (χ4n) is 1.91. The average molecular weight is 242 g/mol. The Morgan fingerprint density at radius 3 is 2.35 bits per heavy atom. The zero-order chi connectivity index (χ0) is 13.2. The van der Waals surface area contributed by atoms with Gasteiger partial charge in [-0.15, -0.1) is 0 Å². The molecule has 17 heavy (non-hydrogen) atoms. The third-order valence-corrected chi connectivity index (χ3v) is 2.99. The highest BCUT2D eigenvalue weighted by Crippen LogP contribution is 2.23. The van der Waals surface area contributed by atoms with Crippen LogP contribution in [0, 0.1) is 17.3 Å². The summed E-state index contributed by atoms with van der Waals surface area (Å²) in [5.74, 6) is -1.23. The molecule has 0 unspecified atom stereocenters. The van der Waals surface area contributed by atoms with Crippen molar-refractivity contribution in [1.82, 2.24) is 10.2 Å². The molecule has 0 radical (unpaired) electrons. The van der Waals surface area contributed by atoms with Crippen molar-refractivity contribution in [3.05, 3.63) is 0 Å². The number of carboxylic acid groups (broad SMARTS) is 1. The van der Waals surface area contributed by atoms with E-state index in [0.29, 0.717) is 19.6 Å². The third kappa shape index (κ3) is 3.91. The number of hydrogen-bond donors (Lipinski definition) is 2. The molecule has 0 bridgehead atoms. The summed E-state index contributed by atoms with van der Waals surface area (Å²) in [6, 6.07) is -0.157. The monoisotopic (exact) mass is 242 g/mol. The van der Waals surface area contributed by atoms with Crippen LogP contribution in [0.3, 0.4) is 0 Å². The first-order chi connectivity index (χ1) is 7.70. The SMILES string of the molecule is C[C@@H]1CN(C(=O)NCC(C)(C)C)C[C@H]1C(=O)O. The van der Waals surface area contributed by atoms with E-state index in [2.05, 4.69) is 5.32 Å². The largest absolute Gasteiger partial charge is 0.481 e. The molecule has 1 aliphatic rings. The van der Waals surface area contributed by atoms with Gasteiger partial charge < -0.3 is 15.3 Å². The number of rotatable bonds is 2. The van der Waals surface area contributed by atoms with E-state index in [1.165, 1.54) is 0 Å². The van der Waals surface area contributed by atoms with Gasteiger partial charge in [0.1, 0.15) is 0 Å². The topological polar surface area (TPSA) is 69.6 Å². The normalized spacial score (nSPS) is 24.8. The summed E-state index contributed by atoms with van der Waals surface area (Å²) in [7, 11) is 0. The van der Waals surface area contributed by atoms with Gasteiger partial charge in [-0.05, 0) is 11.3 Å². The molecule has 0 aromatic heterocycles. The van der Waals surface area contributed by atoms with Gasteiger partial charge in [0, 0.05) is 19.6 Å². The van der Waals surface area contributed by atoms with Gasteiger partial charge in [-0.1, -0.05) is 27.7 Å². The van der Waals surface area contributed by atoms with Crippen LogP contribution >= 0.6 is 0 Å². The Morgan fingerprint density at radius 2 is 1.94 bits per heavy atom. The molecular weight excluding hydrogens is 220 g/mol. The minimum atomic E-state index is -0.816. The summed E-state index contributed by atoms with van der Waals surface area (Å²) in [4.78, 5) is 24.4. The van der Waals surface area contributed by atoms with E-state index in [0.717, 1.165) is 0 Å². The number of carbonyl (C=O) groups is 2. The van der Waals surface area contributed by atoms with Gasteiger partial charge in [0.25, 0.3) is 0 Å². The van der Waals surface area contributed by atoms with Crippen LogP contribution < -0.4 is 5.32 Å². The fraction of sp³-hybridized carbons (Fsp3) is 0.833. The van der Waals surface area contributed by atoms with Crippen LogP contribution in [0.1, 0.15) is 27.7 Å². The Hall–Kier alpha value is -1.26. The number of urea groups is 1. The minimum absolute atomic E-state index is 0.0212. The highest BCUT2D eigenvalue weighted by atomic mass is 16.4. The maximum absolute atomic E-state index is 11.8. The number of aliphatic carboxylic acids is 1. The van der Waals surface area contributed by atoms with Crippen LogP contribution in [0.2, 0.25) is 0 Å². The minimum Gasteiger partial charge on any atom is -0.481 e. The summed E-state index contributed by atoms with van der Waals surface area (Å²) < 4.78 is 0. The molecule has 5 nitrogen and oxygen atoms in total. The third-order valence-electron chi connectivity index (χ3n) is 2.99. The molecule has 0 aliphatic carbocycles. The van der Waals surface area contributed by atoms with Crippen molar-refractivity contribution in [2.45, 2.75) is 27.7 Å². The molecule has 1 rings (SSSR count). The Labute approximate surface area is 102 Å². The Balaban J connectivity index is 2.48. The van der Waals surface area contributed by atoms with Gasteiger partial charge in [0.15, 0.2) is 0 Å². The van der Waals surface area contributed by atoms with E-state index >= 15 is 0 Å². The predicted molar refractivity (Wildman–Crippen MR) is 64.7 cm³/mol. The molecule has 1 aliphatic heterocycles. The number of amides is 2. The number of carbonyl (C=O) groups excluding carboxylic acids is 1. The number of nitrogens with zero attached hydrogens (tertiary/aromatic N) is 1. The maximum atomic E-state index is 11.8. The lowest BCUT2D eigenvalue weighted by Crippen LogP contribution is -2.42. The van der Waals surface area contributed by atoms with E-state index < -0.39 is 11.9 Å². The molecule has 5 heteroatoms. The van der Waals surface area contributed by atoms with Crippen LogP contribution in [0.5, 0.6) is 0 Å². The van der Waals surface area contributed by atoms with E-state index in [4.69, 9.17) is 5.11 Å². The molecule has 0 saturated carbocycles. The van der Waals surface area contributed by atoms with Crippen molar-refractivity contribution in [3.8, 4) is 0 Å². The molecule has 1 fully saturated rings. The van der Waals surface area contributed by atoms with Crippen molar-refractivity contribution < 1.29 is 14.7 Å². The second-order valence-electron chi connectivity index (χ2n) is 6.05. The van der Waals surface area contributed by atoms with Crippen molar-refractivity contribution in [2.24, 2.45) is 17.3 Å². The number of nitrogens with one attached hydrogen (secondary N) is 1. The summed E-state index contributed by atoms with van der Waals surface area (Å²) in [6.45, 7) is 9.42. The van der Waals surface area contributed by atoms with Crippen LogP contribution in [0.15, 0.2) is 0 Å². The molecule has 0 aromatic rings. The summed E-state index contributed by atoms with van der Waals surface area (Å²) in [5.41, 5.74) is 0.0349. The lowest BCUT2D eigenvalue weighted by Gasteiger charge is -2.22. The first-order valence-corrected chi connectivity index (χ1v) is 5.96. The zero-order valence-corrected chi connectivity index (χ0v) is 11.0. The number of carboxylic acids is 1. The molecule has 2 atom stereocenters. The van der Waals surface area contributed by atoms with Gasteiger partial charge in [-0.3, -0.25) is 4.79 Å². The smallest absolute Gasteiger partial charge is 0.317 e. The number of hydrogen-bond acceptors (Lipinski definition) is 2. The molecule has 1 heterocycles. The molecule has 1 saturated heterocycles. The molecular formula is C12H22N2O3. The zero-order valence-electron chi connectivity index (χ0n) is 11.0. The molecule has 0 aromatic carbocycles. The van der Waals surface area contributed by atoms with Crippen molar-refractivity contribution in [3.63, 3.8) is 0 Å². The Bertz CT molecular complexity index is 309. The summed E-state index contributed by atoms with van der Waals surface area (Å²) >= 11 is 0. The van der Waals surface area contributed by atoms with E-state index in [1.807, 2.05) is 27.7 Å². The second-order valence-corrected chi connectivity index (χ2v) is 6.05. The highest BCUT2D eigenvalue weighted by molar-refractivity contribution is 5.77. The Morgan fingerprint density at radius 1 is 1.35 bits per heavy atom. The fourth-order valence-corrected chi connectivity index (χ4v) is 1.91. The van der Waals surface area contributed by atoms with Crippen LogP contribution in [0.25, 0.3) is 0 Å². The van der Waals surface area contributed by atoms with E-state index in [1.54, 1.807) is 4.90 Å². The first kappa shape index (κ1) is 13.8. The molecule has 98 valence electrons. The van der Waals surface area contributed by atoms with Crippen molar-refractivity contribution >= 4 is 12.0 Å². The standard InChI is InChI=1S/C12H22N2O3/c1-8-5-14(6-9(8)10(15)16)11(17)13-7-12(2,3)4/h8-9H,5-7H2,1-4H3,(H,13,17)(H,15,16)/t8-,9-/m1/s1. The van der Waals surface area contributed by atoms with Crippen LogP contribution in [-0.4, -0.2) is 41.6 Å². The highest BCUT2D eigenvalue weighted by Gasteiger charge is 2.36. The first-order valence-electron chi connectivity index (χ1n) is 5.96. The summed E-state index contributed by atoms with van der Waals surface area (Å²) in [5, 5.41) is 11.8. The average Bonchev–Trinajstić information content (AvgIpc) is 2.55. The van der Waals surface area contributed by atoms with E-state index in [9.17, 15) is 9.59 Å². The predicted octanol–water partition coefficient (Wildman–Crippen LogP) is 1.39. The van der Waals surface area contributed by atoms with Crippen LogP contribution in [0.4, 0.5) is 4.79 Å². The van der Waals surface area contributed by atoms with Gasteiger partial charge in [-0.25, -0.2) is 4.79 Å². The molecule has 2 amide bonds. The quantitative estimate of drug-likeness (QED) is 0.769. The Kier molecular flexibility index (Phi) is 4.01. The lowest BCUT2D eigenvalue weighted by molar-refractivity contribution is -0.142. The van der Waals surface area contributed by atoms with Gasteiger partial charge in [0.05, 0.1) is 5.92 Å².